The number of rotatable bonds is 45. The molecule has 0 amide bonds. The number of phosphoric ester groups is 1. The molecule has 0 aliphatic rings. The monoisotopic (exact) mass is 972 g/mol. The Labute approximate surface area is 419 Å². The minimum absolute atomic E-state index is 0.0299. The predicted molar refractivity (Wildman–Crippen MR) is 293 cm³/mol. The number of ether oxygens (including phenoxy) is 2. The first kappa shape index (κ1) is 64.4. The van der Waals surface area contributed by atoms with Gasteiger partial charge in [-0.15, -0.1) is 0 Å². The Kier molecular flexibility index (Phi) is 49.2. The molecule has 0 aromatic rings. The van der Waals surface area contributed by atoms with Crippen molar-refractivity contribution >= 4 is 19.8 Å². The lowest BCUT2D eigenvalue weighted by Crippen LogP contribution is -2.29. The van der Waals surface area contributed by atoms with E-state index < -0.39 is 32.5 Å². The van der Waals surface area contributed by atoms with Crippen molar-refractivity contribution in [2.75, 3.05) is 26.4 Å². The molecule has 2 unspecified atom stereocenters. The van der Waals surface area contributed by atoms with Crippen molar-refractivity contribution in [2.45, 2.75) is 161 Å². The van der Waals surface area contributed by atoms with E-state index in [0.717, 1.165) is 116 Å². The van der Waals surface area contributed by atoms with Crippen LogP contribution in [0.4, 0.5) is 0 Å². The number of nitrogens with two attached hydrogens (primary N) is 1. The van der Waals surface area contributed by atoms with Crippen LogP contribution in [0.3, 0.4) is 0 Å². The SMILES string of the molecule is CC/C=C\C/C=C\C/C=C\C/C=C\C/C=C\C/C=C\C/C=C\C/C=C\C/C=C\C/C=C\CCCCCCC(=O)OC(COC(=O)CC/C=C\C/C=C\C/C=C\C/C=C\CC)COP(=O)(O)OCCN. The van der Waals surface area contributed by atoms with Gasteiger partial charge < -0.3 is 20.1 Å². The molecule has 384 valence electrons. The standard InChI is InChI=1S/C59H90NO8P/c1-3-5-7-9-11-13-15-17-18-19-20-21-22-23-24-25-26-27-28-29-30-31-32-33-34-35-36-37-38-40-42-44-46-48-50-52-59(62)68-57(56-67-69(63,64)66-54-53-60)55-65-58(61)51-49-47-45-43-41-39-16-14-12-10-8-6-4-2/h5-8,11-14,17-18,20-21,23-24,26-27,29-30,32-33,35-36,38-41,45,47,57H,3-4,9-10,15-16,19,22,25,28,31,34,37,42-44,46,48-56,60H2,1-2H3,(H,63,64)/b7-5-,8-6-,13-11-,14-12-,18-17-,21-20-,24-23-,27-26-,30-29-,33-32-,36-35-,40-38-,41-39-,47-45-. The fourth-order valence-corrected chi connectivity index (χ4v) is 6.67. The average Bonchev–Trinajstić information content (AvgIpc) is 3.34. The fourth-order valence-electron chi connectivity index (χ4n) is 5.91. The third-order valence-electron chi connectivity index (χ3n) is 9.61. The third kappa shape index (κ3) is 52.6. The second kappa shape index (κ2) is 52.7. The minimum Gasteiger partial charge on any atom is -0.462 e. The molecule has 0 rings (SSSR count). The van der Waals surface area contributed by atoms with Gasteiger partial charge in [0.15, 0.2) is 6.10 Å². The van der Waals surface area contributed by atoms with Crippen molar-refractivity contribution in [3.8, 4) is 0 Å². The fraction of sp³-hybridized carbons (Fsp3) is 0.492. The van der Waals surface area contributed by atoms with E-state index in [1.165, 1.54) is 0 Å². The van der Waals surface area contributed by atoms with Crippen molar-refractivity contribution in [2.24, 2.45) is 5.73 Å². The smallest absolute Gasteiger partial charge is 0.462 e. The van der Waals surface area contributed by atoms with Crippen LogP contribution in [0.25, 0.3) is 0 Å². The molecule has 0 spiro atoms. The van der Waals surface area contributed by atoms with E-state index in [9.17, 15) is 19.0 Å². The Morgan fingerprint density at radius 3 is 1.16 bits per heavy atom. The summed E-state index contributed by atoms with van der Waals surface area (Å²) in [4.78, 5) is 34.9. The van der Waals surface area contributed by atoms with Gasteiger partial charge in [0, 0.05) is 19.4 Å². The summed E-state index contributed by atoms with van der Waals surface area (Å²) in [5.41, 5.74) is 5.35. The van der Waals surface area contributed by atoms with Gasteiger partial charge in [-0.25, -0.2) is 4.57 Å². The molecule has 10 heteroatoms. The topological polar surface area (TPSA) is 134 Å². The molecular formula is C59H90NO8P. The van der Waals surface area contributed by atoms with Gasteiger partial charge in [0.05, 0.1) is 13.2 Å². The zero-order chi connectivity index (χ0) is 50.2. The molecule has 0 aliphatic carbocycles. The van der Waals surface area contributed by atoms with Crippen LogP contribution >= 0.6 is 7.82 Å². The molecule has 3 N–H and O–H groups in total. The summed E-state index contributed by atoms with van der Waals surface area (Å²) in [6.07, 6.45) is 78.5. The largest absolute Gasteiger partial charge is 0.472 e. The average molecular weight is 972 g/mol. The molecule has 0 saturated heterocycles. The Morgan fingerprint density at radius 1 is 0.435 bits per heavy atom. The number of hydrogen-bond acceptors (Lipinski definition) is 8. The first-order valence-electron chi connectivity index (χ1n) is 25.6. The Bertz CT molecular complexity index is 1720. The van der Waals surface area contributed by atoms with E-state index in [1.54, 1.807) is 0 Å². The molecule has 0 aliphatic heterocycles. The molecule has 0 radical (unpaired) electrons. The number of carbonyl (C=O) groups excluding carboxylic acids is 2. The van der Waals surface area contributed by atoms with E-state index in [2.05, 4.69) is 172 Å². The Balaban J connectivity index is 4.17. The summed E-state index contributed by atoms with van der Waals surface area (Å²) in [7, 11) is -4.42. The number of unbranched alkanes of at least 4 members (excludes halogenated alkanes) is 4. The number of phosphoric acid groups is 1. The summed E-state index contributed by atoms with van der Waals surface area (Å²) in [5, 5.41) is 0. The van der Waals surface area contributed by atoms with Gasteiger partial charge in [-0.3, -0.25) is 18.6 Å². The lowest BCUT2D eigenvalue weighted by Gasteiger charge is -2.19. The highest BCUT2D eigenvalue weighted by atomic mass is 31.2. The van der Waals surface area contributed by atoms with Gasteiger partial charge in [0.25, 0.3) is 0 Å². The summed E-state index contributed by atoms with van der Waals surface area (Å²) in [6.45, 7) is 3.34. The van der Waals surface area contributed by atoms with Gasteiger partial charge in [-0.2, -0.15) is 0 Å². The third-order valence-corrected chi connectivity index (χ3v) is 10.6. The van der Waals surface area contributed by atoms with Crippen molar-refractivity contribution in [3.63, 3.8) is 0 Å². The Morgan fingerprint density at radius 2 is 0.783 bits per heavy atom. The maximum absolute atomic E-state index is 12.6. The van der Waals surface area contributed by atoms with Crippen LogP contribution in [0.1, 0.15) is 155 Å². The highest BCUT2D eigenvalue weighted by Gasteiger charge is 2.25. The molecule has 9 nitrogen and oxygen atoms in total. The second-order valence-electron chi connectivity index (χ2n) is 15.9. The van der Waals surface area contributed by atoms with Gasteiger partial charge >= 0.3 is 19.8 Å². The number of esters is 2. The quantitative estimate of drug-likeness (QED) is 0.0265. The number of hydrogen-bond donors (Lipinski definition) is 2. The van der Waals surface area contributed by atoms with E-state index in [4.69, 9.17) is 24.3 Å². The first-order chi connectivity index (χ1) is 33.8. The van der Waals surface area contributed by atoms with Gasteiger partial charge in [-0.05, 0) is 116 Å². The normalized spacial score (nSPS) is 14.6. The van der Waals surface area contributed by atoms with Crippen molar-refractivity contribution in [1.82, 2.24) is 0 Å². The molecular weight excluding hydrogens is 882 g/mol. The molecule has 0 bridgehead atoms. The molecule has 2 atom stereocenters. The van der Waals surface area contributed by atoms with E-state index in [0.29, 0.717) is 12.8 Å². The van der Waals surface area contributed by atoms with E-state index >= 15 is 0 Å². The lowest BCUT2D eigenvalue weighted by atomic mass is 10.1. The number of carbonyl (C=O) groups is 2. The van der Waals surface area contributed by atoms with Crippen molar-refractivity contribution in [1.29, 1.82) is 0 Å². The molecule has 0 heterocycles. The van der Waals surface area contributed by atoms with Crippen LogP contribution in [0, 0.1) is 0 Å². The maximum Gasteiger partial charge on any atom is 0.472 e. The van der Waals surface area contributed by atoms with Crippen molar-refractivity contribution < 1.29 is 37.6 Å². The summed E-state index contributed by atoms with van der Waals surface area (Å²) in [6, 6.07) is 0. The van der Waals surface area contributed by atoms with Gasteiger partial charge in [0.2, 0.25) is 0 Å². The van der Waals surface area contributed by atoms with Gasteiger partial charge in [0.1, 0.15) is 6.61 Å². The first-order valence-corrected chi connectivity index (χ1v) is 27.1. The van der Waals surface area contributed by atoms with Crippen LogP contribution in [-0.4, -0.2) is 49.3 Å². The van der Waals surface area contributed by atoms with Gasteiger partial charge in [-0.1, -0.05) is 197 Å². The zero-order valence-corrected chi connectivity index (χ0v) is 43.4. The summed E-state index contributed by atoms with van der Waals surface area (Å²) < 4.78 is 32.7. The molecule has 0 fully saturated rings. The van der Waals surface area contributed by atoms with E-state index in [-0.39, 0.29) is 32.6 Å². The molecule has 0 aromatic carbocycles. The minimum atomic E-state index is -4.42. The van der Waals surface area contributed by atoms with Crippen LogP contribution in [0.15, 0.2) is 170 Å². The van der Waals surface area contributed by atoms with Crippen LogP contribution in [-0.2, 0) is 32.7 Å². The molecule has 0 aromatic heterocycles. The highest BCUT2D eigenvalue weighted by Crippen LogP contribution is 2.43. The molecule has 69 heavy (non-hydrogen) atoms. The lowest BCUT2D eigenvalue weighted by molar-refractivity contribution is -0.161. The Hall–Kier alpha value is -4.63. The number of allylic oxidation sites excluding steroid dienone is 28. The predicted octanol–water partition coefficient (Wildman–Crippen LogP) is 15.9. The van der Waals surface area contributed by atoms with Crippen LogP contribution in [0.5, 0.6) is 0 Å². The van der Waals surface area contributed by atoms with Crippen molar-refractivity contribution in [3.05, 3.63) is 170 Å². The summed E-state index contributed by atoms with van der Waals surface area (Å²) >= 11 is 0. The second-order valence-corrected chi connectivity index (χ2v) is 17.4. The zero-order valence-electron chi connectivity index (χ0n) is 42.5. The van der Waals surface area contributed by atoms with Crippen LogP contribution < -0.4 is 5.73 Å². The maximum atomic E-state index is 12.6. The molecule has 0 saturated carbocycles. The van der Waals surface area contributed by atoms with Crippen LogP contribution in [0.2, 0.25) is 0 Å². The highest BCUT2D eigenvalue weighted by molar-refractivity contribution is 7.47. The summed E-state index contributed by atoms with van der Waals surface area (Å²) in [5.74, 6) is -0.972. The van der Waals surface area contributed by atoms with E-state index in [1.807, 2.05) is 12.2 Å².